The van der Waals surface area contributed by atoms with Gasteiger partial charge < -0.3 is 10.5 Å². The van der Waals surface area contributed by atoms with Gasteiger partial charge in [0, 0.05) is 18.0 Å². The van der Waals surface area contributed by atoms with Crippen LogP contribution < -0.4 is 5.73 Å². The molecule has 0 aliphatic carbocycles. The van der Waals surface area contributed by atoms with Gasteiger partial charge >= 0.3 is 0 Å². The summed E-state index contributed by atoms with van der Waals surface area (Å²) in [6, 6.07) is 0.0651. The molecule has 1 aromatic heterocycles. The van der Waals surface area contributed by atoms with E-state index in [-0.39, 0.29) is 12.1 Å². The zero-order valence-electron chi connectivity index (χ0n) is 8.50. The minimum atomic E-state index is 0.0651. The molecule has 2 unspecified atom stereocenters. The normalized spacial score (nSPS) is 15.8. The summed E-state index contributed by atoms with van der Waals surface area (Å²) in [7, 11) is 1.69. The molecule has 1 heterocycles. The summed E-state index contributed by atoms with van der Waals surface area (Å²) in [5.74, 6) is 0. The highest BCUT2D eigenvalue weighted by Gasteiger charge is 2.14. The van der Waals surface area contributed by atoms with Gasteiger partial charge in [0.1, 0.15) is 11.1 Å². The van der Waals surface area contributed by atoms with Crippen LogP contribution in [0.4, 0.5) is 0 Å². The van der Waals surface area contributed by atoms with Gasteiger partial charge in [-0.3, -0.25) is 0 Å². The second-order valence-corrected chi connectivity index (χ2v) is 4.23. The number of hydrogen-bond acceptors (Lipinski definition) is 4. The number of methoxy groups -OCH3 is 1. The second-order valence-electron chi connectivity index (χ2n) is 3.17. The Bertz CT molecular complexity index is 283. The van der Waals surface area contributed by atoms with E-state index in [1.807, 2.05) is 20.8 Å². The molecule has 0 amide bonds. The topological polar surface area (TPSA) is 48.1 Å². The van der Waals surface area contributed by atoms with Crippen molar-refractivity contribution in [3.63, 3.8) is 0 Å². The molecule has 74 valence electrons. The lowest BCUT2D eigenvalue weighted by atomic mass is 10.2. The molecule has 1 rings (SSSR count). The molecular formula is C9H16N2OS. The molecule has 0 radical (unpaired) electrons. The van der Waals surface area contributed by atoms with Gasteiger partial charge in [-0.15, -0.1) is 11.3 Å². The van der Waals surface area contributed by atoms with Crippen LogP contribution in [0.1, 0.15) is 41.6 Å². The number of nitrogens with zero attached hydrogens (tertiary/aromatic N) is 1. The van der Waals surface area contributed by atoms with Gasteiger partial charge in [0.25, 0.3) is 0 Å². The first-order valence-corrected chi connectivity index (χ1v) is 5.13. The fraction of sp³-hybridized carbons (Fsp3) is 0.667. The number of aryl methyl sites for hydroxylation is 1. The van der Waals surface area contributed by atoms with Crippen molar-refractivity contribution in [2.24, 2.45) is 5.73 Å². The van der Waals surface area contributed by atoms with Crippen LogP contribution in [0.15, 0.2) is 0 Å². The van der Waals surface area contributed by atoms with Gasteiger partial charge in [-0.05, 0) is 20.8 Å². The van der Waals surface area contributed by atoms with E-state index in [1.54, 1.807) is 18.4 Å². The molecule has 2 atom stereocenters. The first-order chi connectivity index (χ1) is 6.06. The second kappa shape index (κ2) is 4.17. The quantitative estimate of drug-likeness (QED) is 0.813. The van der Waals surface area contributed by atoms with Crippen LogP contribution in [0.5, 0.6) is 0 Å². The summed E-state index contributed by atoms with van der Waals surface area (Å²) >= 11 is 1.64. The van der Waals surface area contributed by atoms with Crippen LogP contribution >= 0.6 is 11.3 Å². The van der Waals surface area contributed by atoms with E-state index in [1.165, 1.54) is 0 Å². The molecule has 0 aliphatic rings. The molecule has 1 aromatic rings. The largest absolute Gasteiger partial charge is 0.375 e. The van der Waals surface area contributed by atoms with E-state index in [0.717, 1.165) is 15.6 Å². The minimum absolute atomic E-state index is 0.0651. The fourth-order valence-electron chi connectivity index (χ4n) is 1.13. The number of thiazole rings is 1. The van der Waals surface area contributed by atoms with Gasteiger partial charge in [0.05, 0.1) is 5.69 Å². The lowest BCUT2D eigenvalue weighted by Crippen LogP contribution is -2.03. The van der Waals surface area contributed by atoms with E-state index in [4.69, 9.17) is 10.5 Å². The average Bonchev–Trinajstić information content (AvgIpc) is 2.46. The first-order valence-electron chi connectivity index (χ1n) is 4.31. The summed E-state index contributed by atoms with van der Waals surface area (Å²) in [6.45, 7) is 5.95. The van der Waals surface area contributed by atoms with Crippen LogP contribution in [0.2, 0.25) is 0 Å². The Morgan fingerprint density at radius 3 is 2.46 bits per heavy atom. The number of ether oxygens (including phenoxy) is 1. The summed E-state index contributed by atoms with van der Waals surface area (Å²) in [4.78, 5) is 5.57. The van der Waals surface area contributed by atoms with Crippen LogP contribution in [-0.2, 0) is 4.74 Å². The highest BCUT2D eigenvalue weighted by atomic mass is 32.1. The van der Waals surface area contributed by atoms with Gasteiger partial charge in [-0.1, -0.05) is 0 Å². The van der Waals surface area contributed by atoms with Crippen LogP contribution in [-0.4, -0.2) is 12.1 Å². The number of aromatic nitrogens is 1. The van der Waals surface area contributed by atoms with Crippen LogP contribution in [0.25, 0.3) is 0 Å². The number of hydrogen-bond donors (Lipinski definition) is 1. The lowest BCUT2D eigenvalue weighted by molar-refractivity contribution is 0.119. The Balaban J connectivity index is 2.95. The van der Waals surface area contributed by atoms with Crippen molar-refractivity contribution in [1.29, 1.82) is 0 Å². The summed E-state index contributed by atoms with van der Waals surface area (Å²) in [5.41, 5.74) is 6.83. The first kappa shape index (κ1) is 10.6. The van der Waals surface area contributed by atoms with E-state index in [0.29, 0.717) is 0 Å². The molecule has 0 saturated heterocycles. The Labute approximate surface area is 82.9 Å². The Morgan fingerprint density at radius 2 is 2.08 bits per heavy atom. The minimum Gasteiger partial charge on any atom is -0.375 e. The van der Waals surface area contributed by atoms with Gasteiger partial charge in [-0.25, -0.2) is 4.98 Å². The molecule has 0 aliphatic heterocycles. The SMILES string of the molecule is COC(C)c1nc(C)c(C(C)N)s1. The fourth-order valence-corrected chi connectivity index (χ4v) is 2.18. The van der Waals surface area contributed by atoms with E-state index in [9.17, 15) is 0 Å². The third-order valence-corrected chi connectivity index (χ3v) is 3.48. The van der Waals surface area contributed by atoms with Gasteiger partial charge in [-0.2, -0.15) is 0 Å². The lowest BCUT2D eigenvalue weighted by Gasteiger charge is -2.03. The van der Waals surface area contributed by atoms with Crippen molar-refractivity contribution in [1.82, 2.24) is 4.98 Å². The molecule has 3 nitrogen and oxygen atoms in total. The maximum absolute atomic E-state index is 5.80. The third-order valence-electron chi connectivity index (χ3n) is 1.96. The zero-order valence-corrected chi connectivity index (χ0v) is 9.31. The molecule has 0 fully saturated rings. The van der Waals surface area contributed by atoms with Crippen molar-refractivity contribution >= 4 is 11.3 Å². The maximum Gasteiger partial charge on any atom is 0.122 e. The Hall–Kier alpha value is -0.450. The molecule has 0 aromatic carbocycles. The third kappa shape index (κ3) is 2.27. The van der Waals surface area contributed by atoms with E-state index < -0.39 is 0 Å². The number of nitrogens with two attached hydrogens (primary N) is 1. The van der Waals surface area contributed by atoms with Crippen LogP contribution in [0, 0.1) is 6.92 Å². The van der Waals surface area contributed by atoms with Crippen molar-refractivity contribution in [3.8, 4) is 0 Å². The van der Waals surface area contributed by atoms with Crippen LogP contribution in [0.3, 0.4) is 0 Å². The molecule has 13 heavy (non-hydrogen) atoms. The average molecular weight is 200 g/mol. The zero-order chi connectivity index (χ0) is 10.0. The molecule has 2 N–H and O–H groups in total. The van der Waals surface area contributed by atoms with Crippen molar-refractivity contribution in [3.05, 3.63) is 15.6 Å². The summed E-state index contributed by atoms with van der Waals surface area (Å²) < 4.78 is 5.19. The van der Waals surface area contributed by atoms with E-state index in [2.05, 4.69) is 4.98 Å². The Morgan fingerprint density at radius 1 is 1.46 bits per heavy atom. The predicted molar refractivity (Wildman–Crippen MR) is 54.9 cm³/mol. The maximum atomic E-state index is 5.80. The molecule has 0 saturated carbocycles. The van der Waals surface area contributed by atoms with E-state index >= 15 is 0 Å². The molecule has 0 spiro atoms. The Kier molecular flexibility index (Phi) is 3.41. The van der Waals surface area contributed by atoms with Crippen molar-refractivity contribution < 1.29 is 4.74 Å². The van der Waals surface area contributed by atoms with Gasteiger partial charge in [0.2, 0.25) is 0 Å². The molecule has 0 bridgehead atoms. The van der Waals surface area contributed by atoms with Crippen molar-refractivity contribution in [2.75, 3.05) is 7.11 Å². The molecule has 4 heteroatoms. The smallest absolute Gasteiger partial charge is 0.122 e. The summed E-state index contributed by atoms with van der Waals surface area (Å²) in [5, 5.41) is 1.01. The predicted octanol–water partition coefficient (Wildman–Crippen LogP) is 2.18. The number of rotatable bonds is 3. The standard InChI is InChI=1S/C9H16N2OS/c1-5(10)8-6(2)11-9(13-8)7(3)12-4/h5,7H,10H2,1-4H3. The van der Waals surface area contributed by atoms with Gasteiger partial charge in [0.15, 0.2) is 0 Å². The molecular weight excluding hydrogens is 184 g/mol. The monoisotopic (exact) mass is 200 g/mol. The summed E-state index contributed by atoms with van der Waals surface area (Å²) in [6.07, 6.45) is 0.0659. The van der Waals surface area contributed by atoms with Crippen molar-refractivity contribution in [2.45, 2.75) is 32.9 Å². The highest BCUT2D eigenvalue weighted by molar-refractivity contribution is 7.11. The highest BCUT2D eigenvalue weighted by Crippen LogP contribution is 2.28.